The highest BCUT2D eigenvalue weighted by Crippen LogP contribution is 2.26. The molecule has 0 saturated carbocycles. The largest absolute Gasteiger partial charge is 0.315 e. The summed E-state index contributed by atoms with van der Waals surface area (Å²) in [6, 6.07) is 7.00. The minimum atomic E-state index is -3.80. The quantitative estimate of drug-likeness (QED) is 0.772. The zero-order valence-electron chi connectivity index (χ0n) is 11.0. The molecule has 3 aromatic rings. The molecule has 21 heavy (non-hydrogen) atoms. The molecule has 2 heterocycles. The summed E-state index contributed by atoms with van der Waals surface area (Å²) in [5.41, 5.74) is 0.787. The van der Waals surface area contributed by atoms with Crippen molar-refractivity contribution in [2.75, 3.05) is 4.72 Å². The van der Waals surface area contributed by atoms with Crippen LogP contribution in [-0.4, -0.2) is 18.4 Å². The van der Waals surface area contributed by atoms with Crippen LogP contribution in [0.4, 0.5) is 5.69 Å². The lowest BCUT2D eigenvalue weighted by Crippen LogP contribution is -2.13. The van der Waals surface area contributed by atoms with E-state index in [4.69, 9.17) is 0 Å². The maximum Gasteiger partial charge on any atom is 0.306 e. The number of anilines is 1. The Balaban J connectivity index is 2.10. The van der Waals surface area contributed by atoms with Gasteiger partial charge in [-0.25, -0.2) is 8.42 Å². The van der Waals surface area contributed by atoms with Crippen LogP contribution in [0.1, 0.15) is 5.69 Å². The van der Waals surface area contributed by atoms with E-state index >= 15 is 0 Å². The first-order valence-corrected chi connectivity index (χ1v) is 8.32. The van der Waals surface area contributed by atoms with Gasteiger partial charge in [-0.15, -0.1) is 0 Å². The van der Waals surface area contributed by atoms with Gasteiger partial charge in [0, 0.05) is 28.9 Å². The minimum absolute atomic E-state index is 0.00133. The maximum atomic E-state index is 12.4. The third-order valence-electron chi connectivity index (χ3n) is 2.95. The third-order valence-corrected chi connectivity index (χ3v) is 5.92. The molecule has 1 aromatic carbocycles. The lowest BCUT2D eigenvalue weighted by molar-refractivity contribution is 0.602. The number of thiazole rings is 1. The van der Waals surface area contributed by atoms with Crippen LogP contribution in [-0.2, 0) is 10.0 Å². The van der Waals surface area contributed by atoms with Crippen LogP contribution in [0.15, 0.2) is 45.7 Å². The highest BCUT2D eigenvalue weighted by atomic mass is 32.2. The fraction of sp³-hybridized carbons (Fsp3) is 0.0769. The van der Waals surface area contributed by atoms with Crippen molar-refractivity contribution in [2.24, 2.45) is 0 Å². The molecule has 8 heteroatoms. The smallest absolute Gasteiger partial charge is 0.306 e. The molecular weight excluding hydrogens is 310 g/mol. The van der Waals surface area contributed by atoms with Crippen LogP contribution in [0.3, 0.4) is 0 Å². The van der Waals surface area contributed by atoms with Gasteiger partial charge >= 0.3 is 4.87 Å². The standard InChI is InChI=1S/C13H11N3O3S2/c1-8-12(20-13(17)15-8)21(18,19)16-11-4-2-3-9-7-14-6-5-10(9)11/h2-7,16H,1H3,(H,15,17). The van der Waals surface area contributed by atoms with Crippen molar-refractivity contribution in [1.82, 2.24) is 9.97 Å². The molecule has 2 aromatic heterocycles. The van der Waals surface area contributed by atoms with Crippen molar-refractivity contribution < 1.29 is 8.42 Å². The number of nitrogens with one attached hydrogen (secondary N) is 2. The molecule has 0 atom stereocenters. The number of H-pyrrole nitrogens is 1. The Morgan fingerprint density at radius 1 is 1.29 bits per heavy atom. The van der Waals surface area contributed by atoms with E-state index in [1.165, 1.54) is 0 Å². The van der Waals surface area contributed by atoms with Gasteiger partial charge in [0.05, 0.1) is 5.69 Å². The second-order valence-corrected chi connectivity index (χ2v) is 7.30. The SMILES string of the molecule is Cc1[nH]c(=O)sc1S(=O)(=O)Nc1cccc2cnccc12. The molecule has 0 unspecified atom stereocenters. The van der Waals surface area contributed by atoms with Crippen molar-refractivity contribution in [3.8, 4) is 0 Å². The molecule has 0 amide bonds. The summed E-state index contributed by atoms with van der Waals surface area (Å²) in [4.78, 5) is 17.4. The van der Waals surface area contributed by atoms with Gasteiger partial charge < -0.3 is 4.98 Å². The summed E-state index contributed by atoms with van der Waals surface area (Å²) in [6.45, 7) is 1.56. The van der Waals surface area contributed by atoms with E-state index < -0.39 is 14.9 Å². The van der Waals surface area contributed by atoms with Gasteiger partial charge in [-0.05, 0) is 19.1 Å². The third kappa shape index (κ3) is 2.55. The number of pyridine rings is 1. The number of nitrogens with zero attached hydrogens (tertiary/aromatic N) is 1. The number of aromatic amines is 1. The zero-order valence-corrected chi connectivity index (χ0v) is 12.6. The first-order valence-electron chi connectivity index (χ1n) is 6.03. The molecule has 0 fully saturated rings. The molecule has 0 bridgehead atoms. The zero-order chi connectivity index (χ0) is 15.0. The van der Waals surface area contributed by atoms with Gasteiger partial charge in [-0.1, -0.05) is 23.5 Å². The summed E-state index contributed by atoms with van der Waals surface area (Å²) in [5, 5.41) is 1.58. The van der Waals surface area contributed by atoms with Gasteiger partial charge in [-0.3, -0.25) is 14.5 Å². The van der Waals surface area contributed by atoms with Crippen molar-refractivity contribution in [2.45, 2.75) is 11.1 Å². The fourth-order valence-electron chi connectivity index (χ4n) is 2.05. The summed E-state index contributed by atoms with van der Waals surface area (Å²) < 4.78 is 27.3. The Morgan fingerprint density at radius 3 is 2.81 bits per heavy atom. The number of hydrogen-bond donors (Lipinski definition) is 2. The molecule has 108 valence electrons. The van der Waals surface area contributed by atoms with Crippen LogP contribution >= 0.6 is 11.3 Å². The van der Waals surface area contributed by atoms with Crippen LogP contribution in [0.5, 0.6) is 0 Å². The van der Waals surface area contributed by atoms with E-state index in [1.807, 2.05) is 6.07 Å². The molecule has 0 saturated heterocycles. The topological polar surface area (TPSA) is 91.9 Å². The summed E-state index contributed by atoms with van der Waals surface area (Å²) >= 11 is 0.672. The van der Waals surface area contributed by atoms with Gasteiger partial charge in [-0.2, -0.15) is 0 Å². The Morgan fingerprint density at radius 2 is 2.10 bits per heavy atom. The molecule has 2 N–H and O–H groups in total. The summed E-state index contributed by atoms with van der Waals surface area (Å²) in [5.74, 6) is 0. The molecule has 6 nitrogen and oxygen atoms in total. The second-order valence-electron chi connectivity index (χ2n) is 4.43. The minimum Gasteiger partial charge on any atom is -0.315 e. The van der Waals surface area contributed by atoms with E-state index in [0.717, 1.165) is 10.8 Å². The number of rotatable bonds is 3. The normalized spacial score (nSPS) is 11.7. The summed E-state index contributed by atoms with van der Waals surface area (Å²) in [6.07, 6.45) is 3.26. The molecular formula is C13H11N3O3S2. The van der Waals surface area contributed by atoms with Crippen molar-refractivity contribution >= 4 is 37.8 Å². The molecule has 3 rings (SSSR count). The van der Waals surface area contributed by atoms with Crippen molar-refractivity contribution in [1.29, 1.82) is 0 Å². The van der Waals surface area contributed by atoms with Crippen LogP contribution in [0.25, 0.3) is 10.8 Å². The molecule has 0 aliphatic heterocycles. The Labute approximate surface area is 124 Å². The Bertz CT molecular complexity index is 968. The van der Waals surface area contributed by atoms with E-state index in [2.05, 4.69) is 14.7 Å². The van der Waals surface area contributed by atoms with E-state index in [-0.39, 0.29) is 4.21 Å². The average Bonchev–Trinajstić information content (AvgIpc) is 2.79. The van der Waals surface area contributed by atoms with E-state index in [0.29, 0.717) is 22.7 Å². The lowest BCUT2D eigenvalue weighted by atomic mass is 10.1. The lowest BCUT2D eigenvalue weighted by Gasteiger charge is -2.09. The van der Waals surface area contributed by atoms with Crippen LogP contribution in [0, 0.1) is 6.92 Å². The van der Waals surface area contributed by atoms with Gasteiger partial charge in [0.25, 0.3) is 10.0 Å². The van der Waals surface area contributed by atoms with Gasteiger partial charge in [0.15, 0.2) is 4.21 Å². The highest BCUT2D eigenvalue weighted by molar-refractivity contribution is 7.94. The van der Waals surface area contributed by atoms with Crippen LogP contribution < -0.4 is 9.60 Å². The van der Waals surface area contributed by atoms with Crippen molar-refractivity contribution in [3.63, 3.8) is 0 Å². The van der Waals surface area contributed by atoms with Gasteiger partial charge in [0.2, 0.25) is 0 Å². The number of hydrogen-bond acceptors (Lipinski definition) is 5. The Hall–Kier alpha value is -2.19. The molecule has 0 aliphatic carbocycles. The molecule has 0 radical (unpaired) electrons. The second kappa shape index (κ2) is 4.97. The van der Waals surface area contributed by atoms with Gasteiger partial charge in [0.1, 0.15) is 0 Å². The molecule has 0 spiro atoms. The number of benzene rings is 1. The van der Waals surface area contributed by atoms with E-state index in [9.17, 15) is 13.2 Å². The number of aromatic nitrogens is 2. The predicted molar refractivity (Wildman–Crippen MR) is 82.2 cm³/mol. The van der Waals surface area contributed by atoms with Crippen LogP contribution in [0.2, 0.25) is 0 Å². The number of aryl methyl sites for hydroxylation is 1. The fourth-order valence-corrected chi connectivity index (χ4v) is 4.43. The first-order chi connectivity index (χ1) is 9.97. The maximum absolute atomic E-state index is 12.4. The predicted octanol–water partition coefficient (Wildman–Crippen LogP) is 2.09. The average molecular weight is 321 g/mol. The monoisotopic (exact) mass is 321 g/mol. The van der Waals surface area contributed by atoms with E-state index in [1.54, 1.807) is 37.5 Å². The number of fused-ring (bicyclic) bond motifs is 1. The number of sulfonamides is 1. The Kier molecular flexibility index (Phi) is 3.26. The highest BCUT2D eigenvalue weighted by Gasteiger charge is 2.21. The molecule has 0 aliphatic rings. The summed E-state index contributed by atoms with van der Waals surface area (Å²) in [7, 11) is -3.80. The first kappa shape index (κ1) is 13.8. The van der Waals surface area contributed by atoms with Crippen molar-refractivity contribution in [3.05, 3.63) is 52.0 Å².